The smallest absolute Gasteiger partial charge is 0.0291 e. The molecule has 1 rings (SSSR count). The summed E-state index contributed by atoms with van der Waals surface area (Å²) in [6, 6.07) is 11.0. The van der Waals surface area contributed by atoms with Gasteiger partial charge in [-0.15, -0.1) is 24.8 Å². The number of rotatable bonds is 6. The van der Waals surface area contributed by atoms with Gasteiger partial charge in [0.15, 0.2) is 0 Å². The Morgan fingerprint density at radius 1 is 1.12 bits per heavy atom. The van der Waals surface area contributed by atoms with Crippen LogP contribution in [0, 0.1) is 0 Å². The summed E-state index contributed by atoms with van der Waals surface area (Å²) < 4.78 is 0. The van der Waals surface area contributed by atoms with Crippen LogP contribution in [0.5, 0.6) is 0 Å². The SMILES string of the molecule is CC(NCCCN(C)C)c1ccccc1.Cl.Cl. The van der Waals surface area contributed by atoms with Gasteiger partial charge >= 0.3 is 0 Å². The summed E-state index contributed by atoms with van der Waals surface area (Å²) >= 11 is 0. The molecule has 0 heterocycles. The molecule has 0 radical (unpaired) electrons. The Labute approximate surface area is 118 Å². The molecule has 0 spiro atoms. The zero-order chi connectivity index (χ0) is 11.1. The lowest BCUT2D eigenvalue weighted by atomic mass is 10.1. The topological polar surface area (TPSA) is 15.3 Å². The molecule has 0 bridgehead atoms. The molecular weight excluding hydrogens is 255 g/mol. The predicted octanol–water partition coefficient (Wildman–Crippen LogP) is 3.13. The first kappa shape index (κ1) is 19.1. The Kier molecular flexibility index (Phi) is 12.2. The van der Waals surface area contributed by atoms with E-state index in [1.165, 1.54) is 12.0 Å². The van der Waals surface area contributed by atoms with Crippen molar-refractivity contribution >= 4 is 24.8 Å². The van der Waals surface area contributed by atoms with Crippen molar-refractivity contribution in [3.63, 3.8) is 0 Å². The van der Waals surface area contributed by atoms with Crippen molar-refractivity contribution in [3.05, 3.63) is 35.9 Å². The number of halogens is 2. The highest BCUT2D eigenvalue weighted by atomic mass is 35.5. The summed E-state index contributed by atoms with van der Waals surface area (Å²) in [7, 11) is 4.22. The number of hydrogen-bond donors (Lipinski definition) is 1. The van der Waals surface area contributed by atoms with Crippen LogP contribution in [0.15, 0.2) is 30.3 Å². The maximum Gasteiger partial charge on any atom is 0.0291 e. The Balaban J connectivity index is 0. The molecule has 0 aromatic heterocycles. The normalized spacial score (nSPS) is 11.5. The van der Waals surface area contributed by atoms with Crippen molar-refractivity contribution in [3.8, 4) is 0 Å². The second-order valence-corrected chi connectivity index (χ2v) is 4.24. The molecule has 1 aromatic rings. The molecule has 0 aliphatic rings. The molecule has 2 nitrogen and oxygen atoms in total. The molecule has 4 heteroatoms. The van der Waals surface area contributed by atoms with Crippen LogP contribution in [0.3, 0.4) is 0 Å². The molecule has 100 valence electrons. The van der Waals surface area contributed by atoms with Gasteiger partial charge in [-0.1, -0.05) is 30.3 Å². The van der Waals surface area contributed by atoms with Crippen LogP contribution in [-0.2, 0) is 0 Å². The van der Waals surface area contributed by atoms with Crippen LogP contribution in [0.1, 0.15) is 24.9 Å². The fourth-order valence-corrected chi connectivity index (χ4v) is 1.57. The maximum atomic E-state index is 3.53. The maximum absolute atomic E-state index is 3.53. The fraction of sp³-hybridized carbons (Fsp3) is 0.538. The monoisotopic (exact) mass is 278 g/mol. The standard InChI is InChI=1S/C13H22N2.2ClH/c1-12(13-8-5-4-6-9-13)14-10-7-11-15(2)3;;/h4-6,8-9,12,14H,7,10-11H2,1-3H3;2*1H. The van der Waals surface area contributed by atoms with Crippen molar-refractivity contribution in [2.24, 2.45) is 0 Å². The van der Waals surface area contributed by atoms with Crippen molar-refractivity contribution in [1.29, 1.82) is 0 Å². The third-order valence-electron chi connectivity index (χ3n) is 2.53. The van der Waals surface area contributed by atoms with Crippen LogP contribution in [0.25, 0.3) is 0 Å². The third kappa shape index (κ3) is 8.44. The van der Waals surface area contributed by atoms with Gasteiger partial charge in [-0.05, 0) is 46.1 Å². The number of nitrogens with one attached hydrogen (secondary N) is 1. The molecular formula is C13H24Cl2N2. The van der Waals surface area contributed by atoms with Crippen molar-refractivity contribution in [2.45, 2.75) is 19.4 Å². The molecule has 0 saturated carbocycles. The summed E-state index contributed by atoms with van der Waals surface area (Å²) in [5.74, 6) is 0. The van der Waals surface area contributed by atoms with Gasteiger partial charge in [0, 0.05) is 6.04 Å². The first-order valence-corrected chi connectivity index (χ1v) is 5.63. The van der Waals surface area contributed by atoms with Crippen LogP contribution < -0.4 is 5.32 Å². The minimum absolute atomic E-state index is 0. The average molecular weight is 279 g/mol. The van der Waals surface area contributed by atoms with Gasteiger partial charge in [-0.25, -0.2) is 0 Å². The van der Waals surface area contributed by atoms with Crippen LogP contribution in [0.4, 0.5) is 0 Å². The van der Waals surface area contributed by atoms with E-state index in [0.717, 1.165) is 13.1 Å². The van der Waals surface area contributed by atoms with Gasteiger partial charge < -0.3 is 10.2 Å². The molecule has 0 amide bonds. The fourth-order valence-electron chi connectivity index (χ4n) is 1.57. The van der Waals surface area contributed by atoms with Crippen LogP contribution in [0.2, 0.25) is 0 Å². The second-order valence-electron chi connectivity index (χ2n) is 4.24. The van der Waals surface area contributed by atoms with E-state index >= 15 is 0 Å². The summed E-state index contributed by atoms with van der Waals surface area (Å²) in [6.45, 7) is 4.44. The minimum Gasteiger partial charge on any atom is -0.310 e. The predicted molar refractivity (Wildman–Crippen MR) is 80.5 cm³/mol. The van der Waals surface area contributed by atoms with E-state index < -0.39 is 0 Å². The van der Waals surface area contributed by atoms with Gasteiger partial charge in [-0.3, -0.25) is 0 Å². The van der Waals surface area contributed by atoms with Gasteiger partial charge in [0.05, 0.1) is 0 Å². The van der Waals surface area contributed by atoms with E-state index in [4.69, 9.17) is 0 Å². The Hall–Kier alpha value is -0.280. The van der Waals surface area contributed by atoms with Gasteiger partial charge in [0.1, 0.15) is 0 Å². The average Bonchev–Trinajstić information content (AvgIpc) is 2.25. The highest BCUT2D eigenvalue weighted by molar-refractivity contribution is 5.85. The third-order valence-corrected chi connectivity index (χ3v) is 2.53. The highest BCUT2D eigenvalue weighted by Crippen LogP contribution is 2.10. The number of hydrogen-bond acceptors (Lipinski definition) is 2. The summed E-state index contributed by atoms with van der Waals surface area (Å²) in [5, 5.41) is 3.53. The molecule has 1 atom stereocenters. The highest BCUT2D eigenvalue weighted by Gasteiger charge is 2.02. The molecule has 0 fully saturated rings. The number of benzene rings is 1. The number of nitrogens with zero attached hydrogens (tertiary/aromatic N) is 1. The minimum atomic E-state index is 0. The molecule has 1 unspecified atom stereocenters. The van der Waals surface area contributed by atoms with Gasteiger partial charge in [-0.2, -0.15) is 0 Å². The van der Waals surface area contributed by atoms with Gasteiger partial charge in [0.2, 0.25) is 0 Å². The Morgan fingerprint density at radius 2 is 1.71 bits per heavy atom. The molecule has 1 N–H and O–H groups in total. The van der Waals surface area contributed by atoms with Crippen LogP contribution >= 0.6 is 24.8 Å². The molecule has 0 saturated heterocycles. The van der Waals surface area contributed by atoms with E-state index in [-0.39, 0.29) is 24.8 Å². The summed E-state index contributed by atoms with van der Waals surface area (Å²) in [6.07, 6.45) is 1.20. The quantitative estimate of drug-likeness (QED) is 0.805. The zero-order valence-corrected chi connectivity index (χ0v) is 12.5. The largest absolute Gasteiger partial charge is 0.310 e. The van der Waals surface area contributed by atoms with E-state index in [2.05, 4.69) is 61.6 Å². The molecule has 1 aromatic carbocycles. The van der Waals surface area contributed by atoms with E-state index in [1.54, 1.807) is 0 Å². The molecule has 0 aliphatic carbocycles. The lowest BCUT2D eigenvalue weighted by Gasteiger charge is -2.15. The van der Waals surface area contributed by atoms with E-state index in [0.29, 0.717) is 6.04 Å². The first-order valence-electron chi connectivity index (χ1n) is 5.63. The zero-order valence-electron chi connectivity index (χ0n) is 10.8. The first-order chi connectivity index (χ1) is 7.20. The second kappa shape index (κ2) is 10.8. The van der Waals surface area contributed by atoms with Crippen molar-refractivity contribution in [1.82, 2.24) is 10.2 Å². The van der Waals surface area contributed by atoms with E-state index in [9.17, 15) is 0 Å². The summed E-state index contributed by atoms with van der Waals surface area (Å²) in [4.78, 5) is 2.22. The van der Waals surface area contributed by atoms with E-state index in [1.807, 2.05) is 0 Å². The summed E-state index contributed by atoms with van der Waals surface area (Å²) in [5.41, 5.74) is 1.36. The Bertz CT molecular complexity index is 265. The van der Waals surface area contributed by atoms with Crippen molar-refractivity contribution < 1.29 is 0 Å². The lowest BCUT2D eigenvalue weighted by molar-refractivity contribution is 0.389. The Morgan fingerprint density at radius 3 is 2.24 bits per heavy atom. The van der Waals surface area contributed by atoms with Crippen LogP contribution in [-0.4, -0.2) is 32.1 Å². The molecule has 0 aliphatic heterocycles. The lowest BCUT2D eigenvalue weighted by Crippen LogP contribution is -2.23. The van der Waals surface area contributed by atoms with Gasteiger partial charge in [0.25, 0.3) is 0 Å². The van der Waals surface area contributed by atoms with Crippen molar-refractivity contribution in [2.75, 3.05) is 27.2 Å². The molecule has 17 heavy (non-hydrogen) atoms.